The van der Waals surface area contributed by atoms with E-state index in [2.05, 4.69) is 65.9 Å². The van der Waals surface area contributed by atoms with E-state index in [1.54, 1.807) is 0 Å². The Morgan fingerprint density at radius 2 is 1.50 bits per heavy atom. The lowest BCUT2D eigenvalue weighted by Crippen LogP contribution is -2.48. The summed E-state index contributed by atoms with van der Waals surface area (Å²) in [4.78, 5) is 24.3. The smallest absolute Gasteiger partial charge is 0.338 e. The van der Waals surface area contributed by atoms with Crippen molar-refractivity contribution < 1.29 is 23.9 Å². The SMILES string of the molecule is CCCCCC(C)(CCC1=CC[C@H](OC(=O)c2ccc(-c3ccccc3)cc2)[C@@H]1CCCCCCC(=O)O)O[Si](C)(C)C(C)(C)C. The number of carbonyl (C=O) groups is 2. The zero-order valence-corrected chi connectivity index (χ0v) is 30.7. The molecule has 3 rings (SSSR count). The monoisotopic (exact) mass is 648 g/mol. The maximum absolute atomic E-state index is 13.4. The molecule has 1 N–H and O–H groups in total. The molecule has 254 valence electrons. The van der Waals surface area contributed by atoms with Crippen molar-refractivity contribution in [2.45, 2.75) is 148 Å². The van der Waals surface area contributed by atoms with Crippen LogP contribution < -0.4 is 0 Å². The van der Waals surface area contributed by atoms with Crippen LogP contribution in [0.4, 0.5) is 0 Å². The first-order valence-electron chi connectivity index (χ1n) is 17.7. The third-order valence-electron chi connectivity index (χ3n) is 10.2. The van der Waals surface area contributed by atoms with Gasteiger partial charge in [0.1, 0.15) is 6.10 Å². The molecule has 1 aliphatic rings. The number of unbranched alkanes of at least 4 members (excludes halogenated alkanes) is 5. The van der Waals surface area contributed by atoms with E-state index in [0.717, 1.165) is 62.5 Å². The molecule has 0 fully saturated rings. The lowest BCUT2D eigenvalue weighted by Gasteiger charge is -2.45. The fraction of sp³-hybridized carbons (Fsp3) is 0.600. The lowest BCUT2D eigenvalue weighted by atomic mass is 9.85. The summed E-state index contributed by atoms with van der Waals surface area (Å²) in [5, 5.41) is 9.15. The van der Waals surface area contributed by atoms with E-state index in [9.17, 15) is 9.59 Å². The molecule has 1 aliphatic carbocycles. The van der Waals surface area contributed by atoms with Gasteiger partial charge in [-0.05, 0) is 80.4 Å². The summed E-state index contributed by atoms with van der Waals surface area (Å²) < 4.78 is 13.4. The molecule has 0 aromatic heterocycles. The number of esters is 1. The van der Waals surface area contributed by atoms with Gasteiger partial charge in [-0.2, -0.15) is 0 Å². The Morgan fingerprint density at radius 3 is 2.13 bits per heavy atom. The van der Waals surface area contributed by atoms with Crippen LogP contribution in [0.1, 0.15) is 128 Å². The molecule has 3 atom stereocenters. The quantitative estimate of drug-likeness (QED) is 0.0710. The van der Waals surface area contributed by atoms with Gasteiger partial charge in [0.2, 0.25) is 0 Å². The Morgan fingerprint density at radius 1 is 0.848 bits per heavy atom. The molecule has 0 radical (unpaired) electrons. The Bertz CT molecular complexity index is 1260. The van der Waals surface area contributed by atoms with Crippen molar-refractivity contribution in [1.29, 1.82) is 0 Å². The van der Waals surface area contributed by atoms with E-state index in [1.807, 2.05) is 42.5 Å². The minimum absolute atomic E-state index is 0.146. The molecule has 46 heavy (non-hydrogen) atoms. The molecule has 0 bridgehead atoms. The third kappa shape index (κ3) is 11.5. The van der Waals surface area contributed by atoms with E-state index in [0.29, 0.717) is 12.0 Å². The maximum Gasteiger partial charge on any atom is 0.338 e. The lowest BCUT2D eigenvalue weighted by molar-refractivity contribution is -0.137. The van der Waals surface area contributed by atoms with Crippen molar-refractivity contribution in [2.75, 3.05) is 0 Å². The number of rotatable bonds is 19. The Kier molecular flexibility index (Phi) is 14.3. The molecule has 1 unspecified atom stereocenters. The Hall–Kier alpha value is -2.70. The minimum atomic E-state index is -1.97. The molecular formula is C40H60O5Si. The van der Waals surface area contributed by atoms with Crippen molar-refractivity contribution >= 4 is 20.3 Å². The molecule has 0 saturated carbocycles. The summed E-state index contributed by atoms with van der Waals surface area (Å²) in [5.74, 6) is -0.817. The van der Waals surface area contributed by atoms with Crippen LogP contribution in [0.5, 0.6) is 0 Å². The molecule has 0 saturated heterocycles. The summed E-state index contributed by atoms with van der Waals surface area (Å²) >= 11 is 0. The number of hydrogen-bond acceptors (Lipinski definition) is 4. The summed E-state index contributed by atoms with van der Waals surface area (Å²) in [6, 6.07) is 17.9. The van der Waals surface area contributed by atoms with Gasteiger partial charge in [0.15, 0.2) is 8.32 Å². The second-order valence-electron chi connectivity index (χ2n) is 15.1. The number of benzene rings is 2. The van der Waals surface area contributed by atoms with Crippen LogP contribution in [0.15, 0.2) is 66.2 Å². The second-order valence-corrected chi connectivity index (χ2v) is 19.8. The summed E-state index contributed by atoms with van der Waals surface area (Å²) in [7, 11) is -1.97. The first-order valence-corrected chi connectivity index (χ1v) is 20.6. The van der Waals surface area contributed by atoms with Crippen LogP contribution in [0.3, 0.4) is 0 Å². The standard InChI is InChI=1S/C40H60O5Si/c1-8-9-17-29-40(5,45-46(6,7)39(2,3)4)30-28-33-26-27-36(35(33)20-15-10-11-16-21-37(41)42)44-38(43)34-24-22-32(23-25-34)31-18-13-12-14-19-31/h12-14,18-19,22-26,35-36H,8-11,15-17,20-21,27-30H2,1-7H3,(H,41,42)/t35-,36+,40?/m1/s1. The van der Waals surface area contributed by atoms with Crippen LogP contribution in [0.2, 0.25) is 18.1 Å². The molecule has 5 nitrogen and oxygen atoms in total. The average Bonchev–Trinajstić information content (AvgIpc) is 3.38. The van der Waals surface area contributed by atoms with Crippen molar-refractivity contribution in [3.05, 3.63) is 71.8 Å². The van der Waals surface area contributed by atoms with E-state index in [4.69, 9.17) is 14.3 Å². The minimum Gasteiger partial charge on any atom is -0.481 e. The largest absolute Gasteiger partial charge is 0.481 e. The second kappa shape index (κ2) is 17.4. The fourth-order valence-electron chi connectivity index (χ4n) is 6.39. The van der Waals surface area contributed by atoms with Gasteiger partial charge >= 0.3 is 11.9 Å². The van der Waals surface area contributed by atoms with Gasteiger partial charge in [-0.1, -0.05) is 120 Å². The van der Waals surface area contributed by atoms with Crippen LogP contribution in [0.25, 0.3) is 11.1 Å². The summed E-state index contributed by atoms with van der Waals surface area (Å²) in [6.45, 7) is 16.2. The normalized spacial score (nSPS) is 18.2. The zero-order valence-electron chi connectivity index (χ0n) is 29.7. The highest BCUT2D eigenvalue weighted by Crippen LogP contribution is 2.43. The van der Waals surface area contributed by atoms with Crippen molar-refractivity contribution in [3.8, 4) is 11.1 Å². The van der Waals surface area contributed by atoms with E-state index in [-0.39, 0.29) is 35.1 Å². The Labute approximate surface area is 280 Å². The van der Waals surface area contributed by atoms with Crippen LogP contribution >= 0.6 is 0 Å². The molecule has 0 spiro atoms. The molecule has 6 heteroatoms. The molecule has 0 heterocycles. The predicted octanol–water partition coefficient (Wildman–Crippen LogP) is 11.4. The first-order chi connectivity index (χ1) is 21.7. The number of hydrogen-bond donors (Lipinski definition) is 1. The number of carboxylic acids is 1. The summed E-state index contributed by atoms with van der Waals surface area (Å²) in [5.41, 5.74) is 3.98. The molecule has 0 aliphatic heterocycles. The van der Waals surface area contributed by atoms with E-state index < -0.39 is 14.3 Å². The highest BCUT2D eigenvalue weighted by molar-refractivity contribution is 6.74. The van der Waals surface area contributed by atoms with Gasteiger partial charge in [-0.25, -0.2) is 4.79 Å². The van der Waals surface area contributed by atoms with Gasteiger partial charge < -0.3 is 14.3 Å². The van der Waals surface area contributed by atoms with Crippen LogP contribution in [0, 0.1) is 5.92 Å². The van der Waals surface area contributed by atoms with Gasteiger partial charge in [-0.15, -0.1) is 0 Å². The average molecular weight is 649 g/mol. The number of carboxylic acid groups (broad SMARTS) is 1. The van der Waals surface area contributed by atoms with Crippen molar-refractivity contribution in [3.63, 3.8) is 0 Å². The Balaban J connectivity index is 1.71. The first kappa shape index (κ1) is 37.8. The van der Waals surface area contributed by atoms with E-state index >= 15 is 0 Å². The zero-order chi connectivity index (χ0) is 33.8. The summed E-state index contributed by atoms with van der Waals surface area (Å²) in [6.07, 6.45) is 14.2. The van der Waals surface area contributed by atoms with Crippen LogP contribution in [-0.4, -0.2) is 37.1 Å². The number of carbonyl (C=O) groups excluding carboxylic acids is 1. The topological polar surface area (TPSA) is 72.8 Å². The fourth-order valence-corrected chi connectivity index (χ4v) is 8.14. The molecule has 2 aromatic carbocycles. The number of aliphatic carboxylic acids is 1. The van der Waals surface area contributed by atoms with Crippen molar-refractivity contribution in [2.24, 2.45) is 5.92 Å². The molecule has 2 aromatic rings. The van der Waals surface area contributed by atoms with Gasteiger partial charge in [0, 0.05) is 18.8 Å². The van der Waals surface area contributed by atoms with Gasteiger partial charge in [-0.3, -0.25) is 4.79 Å². The van der Waals surface area contributed by atoms with Gasteiger partial charge in [0.25, 0.3) is 0 Å². The maximum atomic E-state index is 13.4. The third-order valence-corrected chi connectivity index (χ3v) is 14.9. The number of ether oxygens (including phenoxy) is 1. The highest BCUT2D eigenvalue weighted by Gasteiger charge is 2.43. The van der Waals surface area contributed by atoms with Crippen LogP contribution in [-0.2, 0) is 14.0 Å². The van der Waals surface area contributed by atoms with E-state index in [1.165, 1.54) is 24.8 Å². The van der Waals surface area contributed by atoms with Gasteiger partial charge in [0.05, 0.1) is 11.2 Å². The van der Waals surface area contributed by atoms with Crippen molar-refractivity contribution in [1.82, 2.24) is 0 Å². The molecular weight excluding hydrogens is 589 g/mol. The predicted molar refractivity (Wildman–Crippen MR) is 193 cm³/mol. The highest BCUT2D eigenvalue weighted by atomic mass is 28.4. The molecule has 0 amide bonds.